The average molecular weight is 287 g/mol. The molecule has 6 heteroatoms. The molecular formula is C14H17N5S. The van der Waals surface area contributed by atoms with Gasteiger partial charge in [0.05, 0.1) is 17.6 Å². The lowest BCUT2D eigenvalue weighted by molar-refractivity contribution is 0.831. The Morgan fingerprint density at radius 1 is 1.40 bits per heavy atom. The summed E-state index contributed by atoms with van der Waals surface area (Å²) in [6.07, 6.45) is 4.33. The number of benzene rings is 1. The summed E-state index contributed by atoms with van der Waals surface area (Å²) in [5.41, 5.74) is 6.83. The summed E-state index contributed by atoms with van der Waals surface area (Å²) in [4.78, 5) is 4.41. The van der Waals surface area contributed by atoms with Crippen molar-refractivity contribution in [2.45, 2.75) is 25.4 Å². The highest BCUT2D eigenvalue weighted by Gasteiger charge is 2.06. The average Bonchev–Trinajstić information content (AvgIpc) is 2.48. The number of rotatable bonds is 5. The minimum atomic E-state index is 0.652. The predicted molar refractivity (Wildman–Crippen MR) is 83.2 cm³/mol. The van der Waals surface area contributed by atoms with Crippen molar-refractivity contribution < 1.29 is 0 Å². The molecule has 0 saturated carbocycles. The number of nitrogens with zero attached hydrogens (tertiary/aromatic N) is 4. The Kier molecular flexibility index (Phi) is 5.06. The third-order valence-electron chi connectivity index (χ3n) is 2.69. The van der Waals surface area contributed by atoms with Crippen molar-refractivity contribution in [3.05, 3.63) is 41.7 Å². The van der Waals surface area contributed by atoms with Crippen molar-refractivity contribution in [3.63, 3.8) is 0 Å². The second-order valence-electron chi connectivity index (χ2n) is 4.22. The fourth-order valence-corrected chi connectivity index (χ4v) is 2.00. The van der Waals surface area contributed by atoms with Crippen LogP contribution in [0.2, 0.25) is 0 Å². The van der Waals surface area contributed by atoms with Gasteiger partial charge in [0.15, 0.2) is 0 Å². The zero-order valence-corrected chi connectivity index (χ0v) is 12.6. The molecule has 0 radical (unpaired) electrons. The molecule has 1 heterocycles. The molecule has 104 valence electrons. The van der Waals surface area contributed by atoms with Gasteiger partial charge in [-0.3, -0.25) is 5.43 Å². The standard InChI is InChI=1S/C14H17N5S/c1-4-12(13-9-15-19-14(16-13)20-3)18-17-11-7-5-6-10(2)8-11/h5-9,17H,4H2,1-3H3/b18-12+. The number of aromatic nitrogens is 3. The zero-order valence-electron chi connectivity index (χ0n) is 11.8. The Morgan fingerprint density at radius 3 is 2.95 bits per heavy atom. The van der Waals surface area contributed by atoms with E-state index in [1.807, 2.05) is 31.4 Å². The fourth-order valence-electron chi connectivity index (χ4n) is 1.68. The molecule has 0 atom stereocenters. The Labute approximate surface area is 122 Å². The van der Waals surface area contributed by atoms with Crippen molar-refractivity contribution in [1.29, 1.82) is 0 Å². The van der Waals surface area contributed by atoms with Crippen LogP contribution in [0.3, 0.4) is 0 Å². The smallest absolute Gasteiger partial charge is 0.209 e. The normalized spacial score (nSPS) is 11.4. The van der Waals surface area contributed by atoms with Crippen molar-refractivity contribution in [2.75, 3.05) is 11.7 Å². The minimum absolute atomic E-state index is 0.652. The largest absolute Gasteiger partial charge is 0.278 e. The van der Waals surface area contributed by atoms with Crippen molar-refractivity contribution in [3.8, 4) is 0 Å². The fraction of sp³-hybridized carbons (Fsp3) is 0.286. The van der Waals surface area contributed by atoms with Gasteiger partial charge in [-0.15, -0.1) is 5.10 Å². The summed E-state index contributed by atoms with van der Waals surface area (Å²) in [6.45, 7) is 4.09. The number of hydrazone groups is 1. The van der Waals surface area contributed by atoms with Crippen LogP contribution in [-0.4, -0.2) is 27.1 Å². The Bertz CT molecular complexity index is 612. The van der Waals surface area contributed by atoms with Gasteiger partial charge >= 0.3 is 0 Å². The van der Waals surface area contributed by atoms with Crippen LogP contribution in [0.5, 0.6) is 0 Å². The van der Waals surface area contributed by atoms with Gasteiger partial charge in [-0.2, -0.15) is 10.2 Å². The highest BCUT2D eigenvalue weighted by atomic mass is 32.2. The summed E-state index contributed by atoms with van der Waals surface area (Å²) in [6, 6.07) is 8.07. The topological polar surface area (TPSA) is 63.1 Å². The van der Waals surface area contributed by atoms with Gasteiger partial charge in [0.25, 0.3) is 0 Å². The van der Waals surface area contributed by atoms with Crippen LogP contribution in [0.25, 0.3) is 0 Å². The zero-order chi connectivity index (χ0) is 14.4. The first-order valence-corrected chi connectivity index (χ1v) is 7.58. The van der Waals surface area contributed by atoms with Crippen LogP contribution >= 0.6 is 11.8 Å². The van der Waals surface area contributed by atoms with Gasteiger partial charge in [0.2, 0.25) is 5.16 Å². The Morgan fingerprint density at radius 2 is 2.25 bits per heavy atom. The molecular weight excluding hydrogens is 270 g/mol. The van der Waals surface area contributed by atoms with E-state index in [0.717, 1.165) is 23.5 Å². The van der Waals surface area contributed by atoms with Gasteiger partial charge in [0, 0.05) is 0 Å². The lowest BCUT2D eigenvalue weighted by Crippen LogP contribution is -2.08. The number of thioether (sulfide) groups is 1. The molecule has 1 aromatic heterocycles. The van der Waals surface area contributed by atoms with E-state index < -0.39 is 0 Å². The third kappa shape index (κ3) is 3.77. The summed E-state index contributed by atoms with van der Waals surface area (Å²) >= 11 is 1.47. The minimum Gasteiger partial charge on any atom is -0.278 e. The highest BCUT2D eigenvalue weighted by molar-refractivity contribution is 7.98. The Balaban J connectivity index is 2.20. The molecule has 2 aromatic rings. The van der Waals surface area contributed by atoms with Crippen LogP contribution in [0.15, 0.2) is 40.7 Å². The van der Waals surface area contributed by atoms with Gasteiger partial charge in [-0.1, -0.05) is 30.8 Å². The van der Waals surface area contributed by atoms with Crippen LogP contribution < -0.4 is 5.43 Å². The van der Waals surface area contributed by atoms with E-state index in [9.17, 15) is 0 Å². The molecule has 0 aliphatic rings. The molecule has 0 aliphatic carbocycles. The lowest BCUT2D eigenvalue weighted by Gasteiger charge is -2.06. The molecule has 0 spiro atoms. The molecule has 5 nitrogen and oxygen atoms in total. The van der Waals surface area contributed by atoms with E-state index in [4.69, 9.17) is 0 Å². The molecule has 0 aliphatic heterocycles. The summed E-state index contributed by atoms with van der Waals surface area (Å²) in [5, 5.41) is 13.0. The van der Waals surface area contributed by atoms with Crippen LogP contribution in [0, 0.1) is 6.92 Å². The summed E-state index contributed by atoms with van der Waals surface area (Å²) < 4.78 is 0. The first-order valence-electron chi connectivity index (χ1n) is 6.36. The van der Waals surface area contributed by atoms with Crippen molar-refractivity contribution >= 4 is 23.2 Å². The first-order chi connectivity index (χ1) is 9.72. The van der Waals surface area contributed by atoms with E-state index in [1.165, 1.54) is 17.3 Å². The second-order valence-corrected chi connectivity index (χ2v) is 5.00. The Hall–Kier alpha value is -1.95. The summed E-state index contributed by atoms with van der Waals surface area (Å²) in [7, 11) is 0. The van der Waals surface area contributed by atoms with E-state index in [0.29, 0.717) is 5.16 Å². The maximum absolute atomic E-state index is 4.43. The maximum Gasteiger partial charge on any atom is 0.209 e. The third-order valence-corrected chi connectivity index (χ3v) is 3.23. The first kappa shape index (κ1) is 14.5. The molecule has 0 amide bonds. The molecule has 1 aromatic carbocycles. The van der Waals surface area contributed by atoms with Crippen molar-refractivity contribution in [2.24, 2.45) is 5.10 Å². The molecule has 0 fully saturated rings. The van der Waals surface area contributed by atoms with Crippen LogP contribution in [0.4, 0.5) is 5.69 Å². The van der Waals surface area contributed by atoms with Gasteiger partial charge in [0.1, 0.15) is 5.69 Å². The lowest BCUT2D eigenvalue weighted by atomic mass is 10.2. The maximum atomic E-state index is 4.43. The quantitative estimate of drug-likeness (QED) is 0.520. The van der Waals surface area contributed by atoms with E-state index in [1.54, 1.807) is 6.20 Å². The molecule has 0 saturated heterocycles. The van der Waals surface area contributed by atoms with E-state index in [2.05, 4.69) is 38.7 Å². The molecule has 0 unspecified atom stereocenters. The predicted octanol–water partition coefficient (Wildman–Crippen LogP) is 3.13. The molecule has 0 bridgehead atoms. The highest BCUT2D eigenvalue weighted by Crippen LogP contribution is 2.11. The number of anilines is 1. The van der Waals surface area contributed by atoms with Crippen LogP contribution in [0.1, 0.15) is 24.6 Å². The molecule has 20 heavy (non-hydrogen) atoms. The second kappa shape index (κ2) is 7.00. The number of hydrogen-bond acceptors (Lipinski definition) is 6. The molecule has 1 N–H and O–H groups in total. The summed E-state index contributed by atoms with van der Waals surface area (Å²) in [5.74, 6) is 0. The number of aryl methyl sites for hydroxylation is 1. The van der Waals surface area contributed by atoms with E-state index >= 15 is 0 Å². The SMILES string of the molecule is CC/C(=N\Nc1cccc(C)c1)c1cnnc(SC)n1. The molecule has 2 rings (SSSR count). The number of hydrogen-bond donors (Lipinski definition) is 1. The van der Waals surface area contributed by atoms with Gasteiger partial charge in [-0.05, 0) is 37.3 Å². The van der Waals surface area contributed by atoms with E-state index in [-0.39, 0.29) is 0 Å². The van der Waals surface area contributed by atoms with Crippen molar-refractivity contribution in [1.82, 2.24) is 15.2 Å². The van der Waals surface area contributed by atoms with Gasteiger partial charge in [-0.25, -0.2) is 4.98 Å². The monoisotopic (exact) mass is 287 g/mol. The van der Waals surface area contributed by atoms with Gasteiger partial charge < -0.3 is 0 Å². The van der Waals surface area contributed by atoms with Crippen LogP contribution in [-0.2, 0) is 0 Å². The number of nitrogens with one attached hydrogen (secondary N) is 1.